The molecule has 7 heteroatoms. The second-order valence-electron chi connectivity index (χ2n) is 5.27. The Morgan fingerprint density at radius 2 is 1.64 bits per heavy atom. The summed E-state index contributed by atoms with van der Waals surface area (Å²) >= 11 is 18.3. The molecule has 1 heterocycles. The summed E-state index contributed by atoms with van der Waals surface area (Å²) in [4.78, 5) is 11.5. The fourth-order valence-electron chi connectivity index (χ4n) is 2.35. The van der Waals surface area contributed by atoms with Gasteiger partial charge in [0.25, 0.3) is 0 Å². The Hall–Kier alpha value is -1.88. The van der Waals surface area contributed by atoms with Gasteiger partial charge in [0.15, 0.2) is 5.75 Å². The van der Waals surface area contributed by atoms with Crippen LogP contribution in [0.4, 0.5) is 0 Å². The van der Waals surface area contributed by atoms with Crippen molar-refractivity contribution in [3.63, 3.8) is 0 Å². The van der Waals surface area contributed by atoms with Crippen LogP contribution >= 0.6 is 34.8 Å². The summed E-state index contributed by atoms with van der Waals surface area (Å²) < 4.78 is 16.4. The van der Waals surface area contributed by atoms with E-state index in [1.807, 2.05) is 6.92 Å². The van der Waals surface area contributed by atoms with E-state index in [0.717, 1.165) is 10.9 Å². The Morgan fingerprint density at radius 3 is 2.36 bits per heavy atom. The summed E-state index contributed by atoms with van der Waals surface area (Å²) in [5.41, 5.74) is 0.783. The number of rotatable bonds is 5. The van der Waals surface area contributed by atoms with Gasteiger partial charge in [-0.1, -0.05) is 40.9 Å². The van der Waals surface area contributed by atoms with Gasteiger partial charge in [-0.05, 0) is 30.7 Å². The quantitative estimate of drug-likeness (QED) is 0.419. The van der Waals surface area contributed by atoms with Crippen molar-refractivity contribution in [2.45, 2.75) is 6.92 Å². The first-order valence-corrected chi connectivity index (χ1v) is 8.52. The van der Waals surface area contributed by atoms with E-state index in [0.29, 0.717) is 32.1 Å². The lowest BCUT2D eigenvalue weighted by atomic mass is 10.1. The van der Waals surface area contributed by atoms with Crippen molar-refractivity contribution in [3.05, 3.63) is 67.4 Å². The monoisotopic (exact) mass is 398 g/mol. The fraction of sp³-hybridized carbons (Fsp3) is 0.167. The lowest BCUT2D eigenvalue weighted by Crippen LogP contribution is -2.10. The highest BCUT2D eigenvalue weighted by atomic mass is 35.5. The van der Waals surface area contributed by atoms with Crippen molar-refractivity contribution >= 4 is 45.8 Å². The molecule has 3 rings (SSSR count). The highest BCUT2D eigenvalue weighted by Gasteiger charge is 2.10. The van der Waals surface area contributed by atoms with Gasteiger partial charge in [-0.25, -0.2) is 4.79 Å². The number of halogens is 3. The van der Waals surface area contributed by atoms with E-state index in [1.165, 1.54) is 6.07 Å². The minimum Gasteiger partial charge on any atom is -0.488 e. The number of hydrogen-bond acceptors (Lipinski definition) is 4. The molecule has 0 aliphatic carbocycles. The number of para-hydroxylation sites is 1. The van der Waals surface area contributed by atoms with Crippen LogP contribution in [0.5, 0.6) is 11.5 Å². The van der Waals surface area contributed by atoms with E-state index in [4.69, 9.17) is 48.7 Å². The first-order valence-electron chi connectivity index (χ1n) is 7.39. The van der Waals surface area contributed by atoms with Crippen LogP contribution in [0.15, 0.2) is 45.6 Å². The molecule has 3 aromatic rings. The third kappa shape index (κ3) is 4.03. The Labute approximate surface area is 158 Å². The molecule has 4 nitrogen and oxygen atoms in total. The average Bonchev–Trinajstić information content (AvgIpc) is 2.55. The molecule has 2 aromatic carbocycles. The van der Waals surface area contributed by atoms with E-state index in [-0.39, 0.29) is 13.2 Å². The van der Waals surface area contributed by atoms with Crippen LogP contribution in [-0.2, 0) is 0 Å². The maximum Gasteiger partial charge on any atom is 0.336 e. The Bertz CT molecular complexity index is 962. The van der Waals surface area contributed by atoms with Crippen LogP contribution in [0.3, 0.4) is 0 Å². The Kier molecular flexibility index (Phi) is 5.42. The molecular weight excluding hydrogens is 387 g/mol. The van der Waals surface area contributed by atoms with Gasteiger partial charge in [0, 0.05) is 17.5 Å². The second kappa shape index (κ2) is 7.56. The lowest BCUT2D eigenvalue weighted by molar-refractivity contribution is 0.217. The fourth-order valence-corrected chi connectivity index (χ4v) is 3.07. The molecule has 0 bridgehead atoms. The van der Waals surface area contributed by atoms with E-state index < -0.39 is 5.63 Å². The van der Waals surface area contributed by atoms with Gasteiger partial charge in [0.1, 0.15) is 24.5 Å². The summed E-state index contributed by atoms with van der Waals surface area (Å²) in [6.07, 6.45) is 0. The highest BCUT2D eigenvalue weighted by molar-refractivity contribution is 6.37. The molecule has 0 saturated heterocycles. The van der Waals surface area contributed by atoms with Crippen LogP contribution in [-0.4, -0.2) is 13.2 Å². The molecule has 0 fully saturated rings. The largest absolute Gasteiger partial charge is 0.488 e. The van der Waals surface area contributed by atoms with Crippen LogP contribution in [0.25, 0.3) is 11.0 Å². The summed E-state index contributed by atoms with van der Waals surface area (Å²) in [5, 5.41) is 2.03. The van der Waals surface area contributed by atoms with Crippen LogP contribution in [0.1, 0.15) is 5.56 Å². The predicted octanol–water partition coefficient (Wildman–Crippen LogP) is 5.52. The van der Waals surface area contributed by atoms with Crippen molar-refractivity contribution in [1.29, 1.82) is 0 Å². The van der Waals surface area contributed by atoms with Crippen molar-refractivity contribution in [1.82, 2.24) is 0 Å². The first kappa shape index (κ1) is 17.9. The number of hydrogen-bond donors (Lipinski definition) is 0. The van der Waals surface area contributed by atoms with Gasteiger partial charge < -0.3 is 13.9 Å². The molecule has 0 aliphatic rings. The van der Waals surface area contributed by atoms with Crippen molar-refractivity contribution in [2.24, 2.45) is 0 Å². The van der Waals surface area contributed by atoms with Crippen molar-refractivity contribution in [3.8, 4) is 11.5 Å². The van der Waals surface area contributed by atoms with E-state index in [2.05, 4.69) is 0 Å². The zero-order valence-electron chi connectivity index (χ0n) is 13.1. The van der Waals surface area contributed by atoms with Crippen LogP contribution in [0, 0.1) is 6.92 Å². The molecule has 0 N–H and O–H groups in total. The second-order valence-corrected chi connectivity index (χ2v) is 6.50. The summed E-state index contributed by atoms with van der Waals surface area (Å²) in [7, 11) is 0. The topological polar surface area (TPSA) is 48.7 Å². The van der Waals surface area contributed by atoms with E-state index in [9.17, 15) is 4.79 Å². The Morgan fingerprint density at radius 1 is 0.960 bits per heavy atom. The normalized spacial score (nSPS) is 10.9. The predicted molar refractivity (Wildman–Crippen MR) is 99.7 cm³/mol. The third-order valence-electron chi connectivity index (χ3n) is 3.51. The maximum absolute atomic E-state index is 11.5. The number of benzene rings is 2. The van der Waals surface area contributed by atoms with Gasteiger partial charge in [0.05, 0.1) is 15.1 Å². The van der Waals surface area contributed by atoms with Gasteiger partial charge in [-0.3, -0.25) is 0 Å². The summed E-state index contributed by atoms with van der Waals surface area (Å²) in [6.45, 7) is 2.25. The molecule has 0 amide bonds. The minimum atomic E-state index is -0.421. The smallest absolute Gasteiger partial charge is 0.336 e. The van der Waals surface area contributed by atoms with Crippen LogP contribution < -0.4 is 15.1 Å². The molecule has 0 atom stereocenters. The molecule has 0 unspecified atom stereocenters. The van der Waals surface area contributed by atoms with Gasteiger partial charge in [0.2, 0.25) is 0 Å². The first-order chi connectivity index (χ1) is 12.0. The number of fused-ring (bicyclic) bond motifs is 1. The molecule has 0 aliphatic heterocycles. The molecular formula is C18H13Cl3O4. The lowest BCUT2D eigenvalue weighted by Gasteiger charge is -2.12. The minimum absolute atomic E-state index is 0.211. The van der Waals surface area contributed by atoms with Gasteiger partial charge in [-0.2, -0.15) is 0 Å². The third-order valence-corrected chi connectivity index (χ3v) is 4.40. The molecule has 0 saturated carbocycles. The standard InChI is InChI=1S/C18H13Cl3O4/c1-10-7-17(22)25-15-9-16(14(21)8-11(10)15)23-5-6-24-18-12(19)3-2-4-13(18)20/h2-4,7-9H,5-6H2,1H3. The van der Waals surface area contributed by atoms with E-state index in [1.54, 1.807) is 30.3 Å². The zero-order chi connectivity index (χ0) is 18.0. The zero-order valence-corrected chi connectivity index (χ0v) is 15.4. The maximum atomic E-state index is 11.5. The van der Waals surface area contributed by atoms with Gasteiger partial charge >= 0.3 is 5.63 Å². The highest BCUT2D eigenvalue weighted by Crippen LogP contribution is 2.33. The van der Waals surface area contributed by atoms with E-state index >= 15 is 0 Å². The molecule has 25 heavy (non-hydrogen) atoms. The molecule has 0 radical (unpaired) electrons. The average molecular weight is 400 g/mol. The van der Waals surface area contributed by atoms with Crippen LogP contribution in [0.2, 0.25) is 15.1 Å². The molecule has 1 aromatic heterocycles. The SMILES string of the molecule is Cc1cc(=O)oc2cc(OCCOc3c(Cl)cccc3Cl)c(Cl)cc12. The molecule has 130 valence electrons. The van der Waals surface area contributed by atoms with Gasteiger partial charge in [-0.15, -0.1) is 0 Å². The number of ether oxygens (including phenoxy) is 2. The summed E-state index contributed by atoms with van der Waals surface area (Å²) in [6, 6.07) is 9.83. The Balaban J connectivity index is 1.71. The molecule has 0 spiro atoms. The van der Waals surface area contributed by atoms with Crippen molar-refractivity contribution < 1.29 is 13.9 Å². The summed E-state index contributed by atoms with van der Waals surface area (Å²) in [5.74, 6) is 0.803. The van der Waals surface area contributed by atoms with Crippen molar-refractivity contribution in [2.75, 3.05) is 13.2 Å². The number of aryl methyl sites for hydroxylation is 1.